The zero-order valence-corrected chi connectivity index (χ0v) is 10.5. The fraction of sp³-hybridized carbons (Fsp3) is 0.600. The van der Waals surface area contributed by atoms with Gasteiger partial charge >= 0.3 is 0 Å². The first-order chi connectivity index (χ1) is 8.29. The molecular formula is C15H21NO. The number of rotatable bonds is 2. The third-order valence-corrected chi connectivity index (χ3v) is 4.84. The summed E-state index contributed by atoms with van der Waals surface area (Å²) >= 11 is 0. The van der Waals surface area contributed by atoms with Crippen LogP contribution >= 0.6 is 0 Å². The van der Waals surface area contributed by atoms with E-state index in [9.17, 15) is 0 Å². The molecule has 0 aromatic heterocycles. The molecule has 1 aromatic rings. The molecule has 2 N–H and O–H groups in total. The zero-order chi connectivity index (χ0) is 11.9. The van der Waals surface area contributed by atoms with Crippen molar-refractivity contribution >= 4 is 0 Å². The molecule has 1 atom stereocenters. The van der Waals surface area contributed by atoms with Crippen LogP contribution in [-0.4, -0.2) is 13.7 Å². The molecule has 1 unspecified atom stereocenters. The van der Waals surface area contributed by atoms with Crippen molar-refractivity contribution < 1.29 is 4.74 Å². The minimum Gasteiger partial charge on any atom is -0.497 e. The number of ether oxygens (including phenoxy) is 1. The summed E-state index contributed by atoms with van der Waals surface area (Å²) in [6.07, 6.45) is 6.66. The maximum Gasteiger partial charge on any atom is 0.119 e. The third-order valence-electron chi connectivity index (χ3n) is 4.84. The molecule has 2 aliphatic rings. The van der Waals surface area contributed by atoms with Crippen LogP contribution in [0.2, 0.25) is 0 Å². The third kappa shape index (κ3) is 1.58. The van der Waals surface area contributed by atoms with Gasteiger partial charge < -0.3 is 10.5 Å². The minimum atomic E-state index is 0.468. The van der Waals surface area contributed by atoms with Gasteiger partial charge in [0.2, 0.25) is 0 Å². The topological polar surface area (TPSA) is 35.2 Å². The Morgan fingerprint density at radius 1 is 1.35 bits per heavy atom. The standard InChI is InChI=1S/C15H21NO/c1-17-12-3-4-13-11(10-16)5-8-15(6-2-7-15)14(13)9-12/h3-4,9,11H,2,5-8,10,16H2,1H3. The van der Waals surface area contributed by atoms with Crippen LogP contribution in [0, 0.1) is 0 Å². The lowest BCUT2D eigenvalue weighted by molar-refractivity contribution is 0.198. The van der Waals surface area contributed by atoms with E-state index >= 15 is 0 Å². The summed E-state index contributed by atoms with van der Waals surface area (Å²) in [5.74, 6) is 1.55. The molecular weight excluding hydrogens is 210 g/mol. The van der Waals surface area contributed by atoms with Gasteiger partial charge in [-0.15, -0.1) is 0 Å². The maximum atomic E-state index is 5.91. The molecule has 0 aliphatic heterocycles. The van der Waals surface area contributed by atoms with Crippen LogP contribution in [0.3, 0.4) is 0 Å². The monoisotopic (exact) mass is 231 g/mol. The fourth-order valence-corrected chi connectivity index (χ4v) is 3.59. The molecule has 1 fully saturated rings. The van der Waals surface area contributed by atoms with Crippen LogP contribution in [0.15, 0.2) is 18.2 Å². The molecule has 0 bridgehead atoms. The molecule has 0 saturated heterocycles. The van der Waals surface area contributed by atoms with Crippen molar-refractivity contribution in [3.8, 4) is 5.75 Å². The van der Waals surface area contributed by atoms with Crippen molar-refractivity contribution in [1.82, 2.24) is 0 Å². The minimum absolute atomic E-state index is 0.468. The van der Waals surface area contributed by atoms with Crippen molar-refractivity contribution in [3.63, 3.8) is 0 Å². The molecule has 2 heteroatoms. The molecule has 2 nitrogen and oxygen atoms in total. The lowest BCUT2D eigenvalue weighted by Crippen LogP contribution is -2.39. The van der Waals surface area contributed by atoms with E-state index in [2.05, 4.69) is 18.2 Å². The van der Waals surface area contributed by atoms with E-state index in [1.807, 2.05) is 0 Å². The van der Waals surface area contributed by atoms with E-state index in [1.165, 1.54) is 43.2 Å². The van der Waals surface area contributed by atoms with Crippen LogP contribution in [-0.2, 0) is 5.41 Å². The molecule has 17 heavy (non-hydrogen) atoms. The van der Waals surface area contributed by atoms with E-state index in [0.717, 1.165) is 12.3 Å². The van der Waals surface area contributed by atoms with Gasteiger partial charge in [0.1, 0.15) is 5.75 Å². The van der Waals surface area contributed by atoms with E-state index in [4.69, 9.17) is 10.5 Å². The Kier molecular flexibility index (Phi) is 2.62. The van der Waals surface area contributed by atoms with E-state index in [-0.39, 0.29) is 0 Å². The van der Waals surface area contributed by atoms with Gasteiger partial charge in [-0.2, -0.15) is 0 Å². The smallest absolute Gasteiger partial charge is 0.119 e. The van der Waals surface area contributed by atoms with Crippen molar-refractivity contribution in [2.75, 3.05) is 13.7 Å². The first-order valence-electron chi connectivity index (χ1n) is 6.67. The van der Waals surface area contributed by atoms with Gasteiger partial charge in [-0.25, -0.2) is 0 Å². The molecule has 2 aliphatic carbocycles. The molecule has 0 heterocycles. The van der Waals surface area contributed by atoms with Crippen molar-refractivity contribution in [3.05, 3.63) is 29.3 Å². The lowest BCUT2D eigenvalue weighted by atomic mass is 9.56. The largest absolute Gasteiger partial charge is 0.497 e. The van der Waals surface area contributed by atoms with Crippen LogP contribution in [0.25, 0.3) is 0 Å². The van der Waals surface area contributed by atoms with Crippen LogP contribution in [0.1, 0.15) is 49.1 Å². The normalized spacial score (nSPS) is 25.2. The Balaban J connectivity index is 2.08. The first kappa shape index (κ1) is 11.1. The SMILES string of the molecule is COc1ccc2c(c1)C1(CCC1)CCC2CN. The van der Waals surface area contributed by atoms with Crippen LogP contribution < -0.4 is 10.5 Å². The second-order valence-corrected chi connectivity index (χ2v) is 5.56. The first-order valence-corrected chi connectivity index (χ1v) is 6.67. The highest BCUT2D eigenvalue weighted by Gasteiger charge is 2.43. The number of methoxy groups -OCH3 is 1. The van der Waals surface area contributed by atoms with Gasteiger partial charge in [0, 0.05) is 0 Å². The van der Waals surface area contributed by atoms with Gasteiger partial charge in [-0.3, -0.25) is 0 Å². The second kappa shape index (κ2) is 4.02. The second-order valence-electron chi connectivity index (χ2n) is 5.56. The predicted molar refractivity (Wildman–Crippen MR) is 69.6 cm³/mol. The van der Waals surface area contributed by atoms with E-state index in [1.54, 1.807) is 7.11 Å². The van der Waals surface area contributed by atoms with Crippen LogP contribution in [0.5, 0.6) is 5.75 Å². The van der Waals surface area contributed by atoms with Gasteiger partial charge in [0.15, 0.2) is 0 Å². The van der Waals surface area contributed by atoms with E-state index in [0.29, 0.717) is 11.3 Å². The zero-order valence-electron chi connectivity index (χ0n) is 10.5. The summed E-state index contributed by atoms with van der Waals surface area (Å²) in [6.45, 7) is 0.773. The molecule has 1 saturated carbocycles. The quantitative estimate of drug-likeness (QED) is 0.849. The molecule has 3 rings (SSSR count). The summed E-state index contributed by atoms with van der Waals surface area (Å²) in [7, 11) is 1.75. The highest BCUT2D eigenvalue weighted by atomic mass is 16.5. The Hall–Kier alpha value is -1.02. The summed E-state index contributed by atoms with van der Waals surface area (Å²) in [5, 5.41) is 0. The van der Waals surface area contributed by atoms with Gasteiger partial charge in [0.05, 0.1) is 7.11 Å². The summed E-state index contributed by atoms with van der Waals surface area (Å²) in [6, 6.07) is 6.58. The molecule has 92 valence electrons. The van der Waals surface area contributed by atoms with Crippen molar-refractivity contribution in [1.29, 1.82) is 0 Å². The Morgan fingerprint density at radius 3 is 2.76 bits per heavy atom. The van der Waals surface area contributed by atoms with Gasteiger partial charge in [-0.05, 0) is 66.8 Å². The Morgan fingerprint density at radius 2 is 2.18 bits per heavy atom. The summed E-state index contributed by atoms with van der Waals surface area (Å²) in [5.41, 5.74) is 9.39. The highest BCUT2D eigenvalue weighted by Crippen LogP contribution is 2.54. The average Bonchev–Trinajstić information content (AvgIpc) is 2.34. The molecule has 1 aromatic carbocycles. The van der Waals surface area contributed by atoms with E-state index < -0.39 is 0 Å². The van der Waals surface area contributed by atoms with Gasteiger partial charge in [0.25, 0.3) is 0 Å². The Bertz CT molecular complexity index is 423. The maximum absolute atomic E-state index is 5.91. The highest BCUT2D eigenvalue weighted by molar-refractivity contribution is 5.45. The fourth-order valence-electron chi connectivity index (χ4n) is 3.59. The average molecular weight is 231 g/mol. The van der Waals surface area contributed by atoms with Crippen molar-refractivity contribution in [2.45, 2.75) is 43.4 Å². The molecule has 1 spiro atoms. The van der Waals surface area contributed by atoms with Crippen molar-refractivity contribution in [2.24, 2.45) is 5.73 Å². The summed E-state index contributed by atoms with van der Waals surface area (Å²) in [4.78, 5) is 0. The van der Waals surface area contributed by atoms with Gasteiger partial charge in [-0.1, -0.05) is 12.5 Å². The molecule has 0 amide bonds. The number of fused-ring (bicyclic) bond motifs is 2. The number of nitrogens with two attached hydrogens (primary N) is 1. The predicted octanol–water partition coefficient (Wildman–Crippen LogP) is 2.95. The van der Waals surface area contributed by atoms with Crippen LogP contribution in [0.4, 0.5) is 0 Å². The number of hydrogen-bond acceptors (Lipinski definition) is 2. The lowest BCUT2D eigenvalue weighted by Gasteiger charge is -2.48. The number of benzene rings is 1. The Labute approximate surface area is 103 Å². The number of hydrogen-bond donors (Lipinski definition) is 1. The summed E-state index contributed by atoms with van der Waals surface area (Å²) < 4.78 is 5.38. The molecule has 0 radical (unpaired) electrons.